The fraction of sp³-hybridized carbons (Fsp3) is 0.250. The average Bonchev–Trinajstić information content (AvgIpc) is 2.53. The third-order valence-corrected chi connectivity index (χ3v) is 3.61. The van der Waals surface area contributed by atoms with E-state index in [1.807, 2.05) is 14.0 Å². The van der Waals surface area contributed by atoms with Gasteiger partial charge in [-0.3, -0.25) is 4.68 Å². The molecule has 0 fully saturated rings. The van der Waals surface area contributed by atoms with Gasteiger partial charge in [-0.05, 0) is 35.0 Å². The van der Waals surface area contributed by atoms with E-state index in [0.29, 0.717) is 5.69 Å². The molecule has 18 heavy (non-hydrogen) atoms. The van der Waals surface area contributed by atoms with Crippen LogP contribution in [0.25, 0.3) is 0 Å². The van der Waals surface area contributed by atoms with Gasteiger partial charge in [0.05, 0.1) is 15.9 Å². The van der Waals surface area contributed by atoms with E-state index in [1.54, 1.807) is 10.7 Å². The molecule has 1 heterocycles. The lowest BCUT2D eigenvalue weighted by molar-refractivity contribution is 0.279. The van der Waals surface area contributed by atoms with E-state index in [0.717, 1.165) is 15.9 Å². The molecule has 4 nitrogen and oxygen atoms in total. The molecule has 0 saturated carbocycles. The van der Waals surface area contributed by atoms with Crippen molar-refractivity contribution in [2.24, 2.45) is 7.05 Å². The molecular weight excluding hydrogens is 301 g/mol. The zero-order valence-corrected chi connectivity index (χ0v) is 11.7. The summed E-state index contributed by atoms with van der Waals surface area (Å²) < 4.78 is 21.5. The van der Waals surface area contributed by atoms with Crippen molar-refractivity contribution in [3.8, 4) is 5.75 Å². The van der Waals surface area contributed by atoms with Crippen LogP contribution in [-0.2, 0) is 13.7 Å². The largest absolute Gasteiger partial charge is 0.484 e. The number of halogens is 2. The first-order valence-electron chi connectivity index (χ1n) is 5.35. The molecule has 0 aliphatic rings. The average molecular weight is 314 g/mol. The Morgan fingerprint density at radius 3 is 2.78 bits per heavy atom. The molecule has 0 bridgehead atoms. The molecule has 2 aromatic rings. The number of ether oxygens (including phenoxy) is 1. The zero-order chi connectivity index (χ0) is 13.3. The van der Waals surface area contributed by atoms with Gasteiger partial charge < -0.3 is 10.5 Å². The highest BCUT2D eigenvalue weighted by Crippen LogP contribution is 2.24. The molecule has 96 valence electrons. The summed E-state index contributed by atoms with van der Waals surface area (Å²) in [5.41, 5.74) is 7.56. The maximum absolute atomic E-state index is 13.5. The first-order valence-corrected chi connectivity index (χ1v) is 6.14. The van der Waals surface area contributed by atoms with Crippen molar-refractivity contribution in [1.82, 2.24) is 9.78 Å². The Morgan fingerprint density at radius 1 is 1.50 bits per heavy atom. The fourth-order valence-electron chi connectivity index (χ4n) is 1.62. The minimum absolute atomic E-state index is 0.176. The van der Waals surface area contributed by atoms with Crippen molar-refractivity contribution in [1.29, 1.82) is 0 Å². The van der Waals surface area contributed by atoms with Crippen LogP contribution in [0.3, 0.4) is 0 Å². The Labute approximate surface area is 113 Å². The van der Waals surface area contributed by atoms with Gasteiger partial charge in [-0.1, -0.05) is 0 Å². The molecule has 1 aromatic heterocycles. The number of aromatic nitrogens is 2. The van der Waals surface area contributed by atoms with Gasteiger partial charge in [-0.2, -0.15) is 5.10 Å². The van der Waals surface area contributed by atoms with E-state index in [2.05, 4.69) is 21.0 Å². The Hall–Kier alpha value is -1.56. The summed E-state index contributed by atoms with van der Waals surface area (Å²) in [4.78, 5) is 0. The van der Waals surface area contributed by atoms with E-state index in [1.165, 1.54) is 12.1 Å². The second-order valence-corrected chi connectivity index (χ2v) is 4.74. The van der Waals surface area contributed by atoms with E-state index >= 15 is 0 Å². The standard InChI is InChI=1S/C12H13BrFN3O/c1-7-12(13)10(17(2)16-7)6-18-11-4-3-8(15)5-9(11)14/h3-5H,6,15H2,1-2H3. The number of nitrogens with two attached hydrogens (primary N) is 1. The van der Waals surface area contributed by atoms with Gasteiger partial charge in [-0.15, -0.1) is 0 Å². The predicted molar refractivity (Wildman–Crippen MR) is 70.8 cm³/mol. The highest BCUT2D eigenvalue weighted by molar-refractivity contribution is 9.10. The summed E-state index contributed by atoms with van der Waals surface area (Å²) in [5, 5.41) is 4.24. The first-order chi connectivity index (χ1) is 8.49. The summed E-state index contributed by atoms with van der Waals surface area (Å²) >= 11 is 3.43. The van der Waals surface area contributed by atoms with Crippen LogP contribution in [0.4, 0.5) is 10.1 Å². The molecule has 2 rings (SSSR count). The van der Waals surface area contributed by atoms with E-state index < -0.39 is 5.82 Å². The molecule has 6 heteroatoms. The normalized spacial score (nSPS) is 10.7. The maximum Gasteiger partial charge on any atom is 0.167 e. The minimum Gasteiger partial charge on any atom is -0.484 e. The second-order valence-electron chi connectivity index (χ2n) is 3.95. The Bertz CT molecular complexity index is 583. The number of anilines is 1. The van der Waals surface area contributed by atoms with Crippen LogP contribution >= 0.6 is 15.9 Å². The lowest BCUT2D eigenvalue weighted by Crippen LogP contribution is -2.04. The van der Waals surface area contributed by atoms with Gasteiger partial charge in [0.1, 0.15) is 6.61 Å². The fourth-order valence-corrected chi connectivity index (χ4v) is 2.07. The van der Waals surface area contributed by atoms with Crippen molar-refractivity contribution < 1.29 is 9.13 Å². The molecule has 2 N–H and O–H groups in total. The topological polar surface area (TPSA) is 53.1 Å². The summed E-state index contributed by atoms with van der Waals surface area (Å²) in [7, 11) is 1.82. The third-order valence-electron chi connectivity index (χ3n) is 2.58. The van der Waals surface area contributed by atoms with Crippen LogP contribution in [0.1, 0.15) is 11.4 Å². The monoisotopic (exact) mass is 313 g/mol. The molecule has 0 aliphatic heterocycles. The highest BCUT2D eigenvalue weighted by atomic mass is 79.9. The SMILES string of the molecule is Cc1nn(C)c(COc2ccc(N)cc2F)c1Br. The number of hydrogen-bond acceptors (Lipinski definition) is 3. The van der Waals surface area contributed by atoms with Crippen molar-refractivity contribution in [3.05, 3.63) is 39.9 Å². The number of nitrogens with zero attached hydrogens (tertiary/aromatic N) is 2. The predicted octanol–water partition coefficient (Wildman–Crippen LogP) is 2.79. The molecule has 0 unspecified atom stereocenters. The van der Waals surface area contributed by atoms with Crippen LogP contribution in [0.15, 0.2) is 22.7 Å². The second kappa shape index (κ2) is 4.97. The van der Waals surface area contributed by atoms with E-state index in [9.17, 15) is 4.39 Å². The Balaban J connectivity index is 2.16. The van der Waals surface area contributed by atoms with Crippen LogP contribution in [0.2, 0.25) is 0 Å². The summed E-state index contributed by atoms with van der Waals surface area (Å²) in [6.45, 7) is 2.12. The lowest BCUT2D eigenvalue weighted by atomic mass is 10.3. The van der Waals surface area contributed by atoms with Crippen LogP contribution in [-0.4, -0.2) is 9.78 Å². The number of rotatable bonds is 3. The number of benzene rings is 1. The highest BCUT2D eigenvalue weighted by Gasteiger charge is 2.12. The molecular formula is C12H13BrFN3O. The molecule has 0 aliphatic carbocycles. The van der Waals surface area contributed by atoms with Crippen molar-refractivity contribution >= 4 is 21.6 Å². The van der Waals surface area contributed by atoms with Gasteiger partial charge in [0, 0.05) is 18.8 Å². The van der Waals surface area contributed by atoms with E-state index in [-0.39, 0.29) is 12.4 Å². The summed E-state index contributed by atoms with van der Waals surface area (Å²) in [6.07, 6.45) is 0. The van der Waals surface area contributed by atoms with Crippen molar-refractivity contribution in [3.63, 3.8) is 0 Å². The smallest absolute Gasteiger partial charge is 0.167 e. The van der Waals surface area contributed by atoms with Gasteiger partial charge in [0.15, 0.2) is 11.6 Å². The van der Waals surface area contributed by atoms with Gasteiger partial charge in [-0.25, -0.2) is 4.39 Å². The number of nitrogen functional groups attached to an aromatic ring is 1. The number of hydrogen-bond donors (Lipinski definition) is 1. The molecule has 0 saturated heterocycles. The summed E-state index contributed by atoms with van der Waals surface area (Å²) in [6, 6.07) is 4.35. The molecule has 0 amide bonds. The summed E-state index contributed by atoms with van der Waals surface area (Å²) in [5.74, 6) is -0.292. The van der Waals surface area contributed by atoms with Crippen LogP contribution in [0.5, 0.6) is 5.75 Å². The van der Waals surface area contributed by atoms with Gasteiger partial charge in [0.2, 0.25) is 0 Å². The molecule has 1 aromatic carbocycles. The minimum atomic E-state index is -0.468. The van der Waals surface area contributed by atoms with Crippen molar-refractivity contribution in [2.45, 2.75) is 13.5 Å². The maximum atomic E-state index is 13.5. The Morgan fingerprint density at radius 2 is 2.22 bits per heavy atom. The molecule has 0 atom stereocenters. The number of aryl methyl sites for hydroxylation is 2. The van der Waals surface area contributed by atoms with Gasteiger partial charge >= 0.3 is 0 Å². The first kappa shape index (κ1) is 12.9. The Kier molecular flexibility index (Phi) is 3.56. The molecule has 0 radical (unpaired) electrons. The van der Waals surface area contributed by atoms with Crippen molar-refractivity contribution in [2.75, 3.05) is 5.73 Å². The lowest BCUT2D eigenvalue weighted by Gasteiger charge is -2.08. The molecule has 0 spiro atoms. The van der Waals surface area contributed by atoms with Gasteiger partial charge in [0.25, 0.3) is 0 Å². The zero-order valence-electron chi connectivity index (χ0n) is 10.1. The third kappa shape index (κ3) is 2.48. The van der Waals surface area contributed by atoms with Crippen LogP contribution < -0.4 is 10.5 Å². The van der Waals surface area contributed by atoms with E-state index in [4.69, 9.17) is 10.5 Å². The van der Waals surface area contributed by atoms with Crippen LogP contribution in [0, 0.1) is 12.7 Å². The quantitative estimate of drug-likeness (QED) is 0.886.